The van der Waals surface area contributed by atoms with Gasteiger partial charge >= 0.3 is 0 Å². The van der Waals surface area contributed by atoms with Gasteiger partial charge in [0.25, 0.3) is 0 Å². The molecular formula is C20H25N3O2S2. The molecule has 2 aromatic rings. The van der Waals surface area contributed by atoms with E-state index in [-0.39, 0.29) is 11.8 Å². The van der Waals surface area contributed by atoms with Gasteiger partial charge in [0, 0.05) is 48.6 Å². The highest BCUT2D eigenvalue weighted by molar-refractivity contribution is 7.98. The van der Waals surface area contributed by atoms with Crippen molar-refractivity contribution in [3.05, 3.63) is 51.0 Å². The third-order valence-electron chi connectivity index (χ3n) is 4.85. The zero-order chi connectivity index (χ0) is 19.2. The normalized spacial score (nSPS) is 13.3. The first-order chi connectivity index (χ1) is 13.1. The van der Waals surface area contributed by atoms with Crippen LogP contribution in [0.4, 0.5) is 0 Å². The smallest absolute Gasteiger partial charge is 0.225 e. The van der Waals surface area contributed by atoms with Crippen molar-refractivity contribution >= 4 is 34.9 Å². The lowest BCUT2D eigenvalue weighted by atomic mass is 9.94. The van der Waals surface area contributed by atoms with Crippen LogP contribution in [0.1, 0.15) is 33.7 Å². The van der Waals surface area contributed by atoms with E-state index in [2.05, 4.69) is 10.3 Å². The molecule has 1 N–H and O–H groups in total. The maximum atomic E-state index is 12.3. The molecule has 0 spiro atoms. The number of carbonyl (C=O) groups excluding carboxylic acids is 2. The lowest BCUT2D eigenvalue weighted by Gasteiger charge is -2.30. The van der Waals surface area contributed by atoms with Gasteiger partial charge in [-0.25, -0.2) is 0 Å². The topological polar surface area (TPSA) is 62.3 Å². The van der Waals surface area contributed by atoms with E-state index in [1.54, 1.807) is 23.1 Å². The molecule has 0 aliphatic carbocycles. The Morgan fingerprint density at radius 2 is 2.26 bits per heavy atom. The van der Waals surface area contributed by atoms with Gasteiger partial charge in [0.1, 0.15) is 0 Å². The van der Waals surface area contributed by atoms with Gasteiger partial charge in [-0.3, -0.25) is 14.6 Å². The Hall–Kier alpha value is -1.86. The number of pyridine rings is 1. The number of thiophene rings is 1. The van der Waals surface area contributed by atoms with Crippen molar-refractivity contribution in [1.29, 1.82) is 0 Å². The lowest BCUT2D eigenvalue weighted by molar-refractivity contribution is -0.131. The molecule has 0 bridgehead atoms. The monoisotopic (exact) mass is 403 g/mol. The van der Waals surface area contributed by atoms with E-state index in [1.807, 2.05) is 41.8 Å². The van der Waals surface area contributed by atoms with Crippen molar-refractivity contribution in [3.63, 3.8) is 0 Å². The van der Waals surface area contributed by atoms with E-state index in [4.69, 9.17) is 0 Å². The number of thioether (sulfide) groups is 1. The minimum absolute atomic E-state index is 0.0270. The Morgan fingerprint density at radius 1 is 1.41 bits per heavy atom. The molecule has 0 radical (unpaired) electrons. The summed E-state index contributed by atoms with van der Waals surface area (Å²) in [6.07, 6.45) is 5.72. The van der Waals surface area contributed by atoms with Crippen molar-refractivity contribution < 1.29 is 9.59 Å². The minimum atomic E-state index is 0.0270. The quantitative estimate of drug-likeness (QED) is 0.772. The fraction of sp³-hybridized carbons (Fsp3) is 0.450. The largest absolute Gasteiger partial charge is 0.352 e. The summed E-state index contributed by atoms with van der Waals surface area (Å²) in [6, 6.07) is 3.94. The Balaban J connectivity index is 1.65. The van der Waals surface area contributed by atoms with Gasteiger partial charge in [-0.05, 0) is 47.7 Å². The number of nitrogens with zero attached hydrogens (tertiary/aromatic N) is 2. The molecule has 0 fully saturated rings. The number of hydrogen-bond acceptors (Lipinski definition) is 5. The molecule has 2 aromatic heterocycles. The number of amides is 2. The predicted molar refractivity (Wildman–Crippen MR) is 111 cm³/mol. The first kappa shape index (κ1) is 19.9. The van der Waals surface area contributed by atoms with Crippen LogP contribution in [-0.2, 0) is 35.5 Å². The highest BCUT2D eigenvalue weighted by atomic mass is 32.2. The molecule has 1 aliphatic rings. The standard InChI is InChI=1S/C20H25N3O2S2/c1-14-18(12-22-19(24)10-16-4-3-8-27-16)17-5-7-23(13-15(17)11-21-14)20(25)6-9-26-2/h3-4,8,11H,5-7,9-10,12-13H2,1-2H3,(H,22,24). The fourth-order valence-electron chi connectivity index (χ4n) is 3.34. The van der Waals surface area contributed by atoms with Crippen LogP contribution in [0.3, 0.4) is 0 Å². The van der Waals surface area contributed by atoms with Crippen molar-refractivity contribution in [1.82, 2.24) is 15.2 Å². The summed E-state index contributed by atoms with van der Waals surface area (Å²) in [4.78, 5) is 32.0. The second kappa shape index (κ2) is 9.37. The average Bonchev–Trinajstić information content (AvgIpc) is 3.17. The number of nitrogens with one attached hydrogen (secondary N) is 1. The maximum absolute atomic E-state index is 12.3. The summed E-state index contributed by atoms with van der Waals surface area (Å²) >= 11 is 3.29. The predicted octanol–water partition coefficient (Wildman–Crippen LogP) is 2.95. The summed E-state index contributed by atoms with van der Waals surface area (Å²) in [7, 11) is 0. The minimum Gasteiger partial charge on any atom is -0.352 e. The van der Waals surface area contributed by atoms with Crippen LogP contribution < -0.4 is 5.32 Å². The summed E-state index contributed by atoms with van der Waals surface area (Å²) in [6.45, 7) is 3.83. The van der Waals surface area contributed by atoms with Crippen LogP contribution >= 0.6 is 23.1 Å². The Kier molecular flexibility index (Phi) is 6.90. The SMILES string of the molecule is CSCCC(=O)N1CCc2c(cnc(C)c2CNC(=O)Cc2cccs2)C1. The molecule has 0 saturated carbocycles. The number of rotatable bonds is 7. The van der Waals surface area contributed by atoms with E-state index >= 15 is 0 Å². The van der Waals surface area contributed by atoms with Gasteiger partial charge < -0.3 is 10.2 Å². The highest BCUT2D eigenvalue weighted by Crippen LogP contribution is 2.24. The van der Waals surface area contributed by atoms with Gasteiger partial charge in [-0.2, -0.15) is 11.8 Å². The van der Waals surface area contributed by atoms with E-state index in [0.717, 1.165) is 40.4 Å². The van der Waals surface area contributed by atoms with Crippen LogP contribution in [0.2, 0.25) is 0 Å². The third-order valence-corrected chi connectivity index (χ3v) is 6.33. The molecular weight excluding hydrogens is 378 g/mol. The highest BCUT2D eigenvalue weighted by Gasteiger charge is 2.23. The van der Waals surface area contributed by atoms with E-state index in [0.29, 0.717) is 25.9 Å². The molecule has 0 saturated heterocycles. The third kappa shape index (κ3) is 5.11. The average molecular weight is 404 g/mol. The van der Waals surface area contributed by atoms with Crippen LogP contribution in [0.25, 0.3) is 0 Å². The summed E-state index contributed by atoms with van der Waals surface area (Å²) < 4.78 is 0. The molecule has 27 heavy (non-hydrogen) atoms. The maximum Gasteiger partial charge on any atom is 0.225 e. The molecule has 1 aliphatic heterocycles. The number of aryl methyl sites for hydroxylation is 1. The molecule has 7 heteroatoms. The van der Waals surface area contributed by atoms with Gasteiger partial charge in [0.15, 0.2) is 0 Å². The second-order valence-corrected chi connectivity index (χ2v) is 8.68. The summed E-state index contributed by atoms with van der Waals surface area (Å²) in [5, 5.41) is 5.02. The van der Waals surface area contributed by atoms with E-state index in [1.165, 1.54) is 5.56 Å². The van der Waals surface area contributed by atoms with Gasteiger partial charge in [-0.1, -0.05) is 6.07 Å². The zero-order valence-corrected chi connectivity index (χ0v) is 17.4. The second-order valence-electron chi connectivity index (χ2n) is 6.67. The molecule has 3 rings (SSSR count). The molecule has 2 amide bonds. The molecule has 0 aromatic carbocycles. The summed E-state index contributed by atoms with van der Waals surface area (Å²) in [5.74, 6) is 1.09. The Labute approximate surface area is 168 Å². The number of hydrogen-bond donors (Lipinski definition) is 1. The first-order valence-corrected chi connectivity index (χ1v) is 11.4. The van der Waals surface area contributed by atoms with Gasteiger partial charge in [0.2, 0.25) is 11.8 Å². The van der Waals surface area contributed by atoms with Crippen LogP contribution in [-0.4, -0.2) is 40.3 Å². The van der Waals surface area contributed by atoms with Crippen molar-refractivity contribution in [2.24, 2.45) is 0 Å². The van der Waals surface area contributed by atoms with Crippen LogP contribution in [0, 0.1) is 6.92 Å². The summed E-state index contributed by atoms with van der Waals surface area (Å²) in [5.41, 5.74) is 4.40. The van der Waals surface area contributed by atoms with E-state index < -0.39 is 0 Å². The number of fused-ring (bicyclic) bond motifs is 1. The molecule has 0 unspecified atom stereocenters. The van der Waals surface area contributed by atoms with Crippen molar-refractivity contribution in [3.8, 4) is 0 Å². The van der Waals surface area contributed by atoms with E-state index in [9.17, 15) is 9.59 Å². The lowest BCUT2D eigenvalue weighted by Crippen LogP contribution is -2.37. The first-order valence-electron chi connectivity index (χ1n) is 9.10. The van der Waals surface area contributed by atoms with Crippen LogP contribution in [0.15, 0.2) is 23.7 Å². The number of aromatic nitrogens is 1. The molecule has 5 nitrogen and oxygen atoms in total. The number of carbonyl (C=O) groups is 2. The van der Waals surface area contributed by atoms with Gasteiger partial charge in [-0.15, -0.1) is 11.3 Å². The Bertz CT molecular complexity index is 806. The Morgan fingerprint density at radius 3 is 3.00 bits per heavy atom. The van der Waals surface area contributed by atoms with Crippen molar-refractivity contribution in [2.45, 2.75) is 39.3 Å². The van der Waals surface area contributed by atoms with Gasteiger partial charge in [0.05, 0.1) is 6.42 Å². The molecule has 144 valence electrons. The molecule has 3 heterocycles. The molecule has 0 atom stereocenters. The van der Waals surface area contributed by atoms with Crippen LogP contribution in [0.5, 0.6) is 0 Å². The fourth-order valence-corrected chi connectivity index (χ4v) is 4.42. The van der Waals surface area contributed by atoms with Crippen molar-refractivity contribution in [2.75, 3.05) is 18.6 Å². The zero-order valence-electron chi connectivity index (χ0n) is 15.8.